The van der Waals surface area contributed by atoms with Gasteiger partial charge in [0.15, 0.2) is 14.9 Å². The Labute approximate surface area is 109 Å². The number of nitrogens with zero attached hydrogens (tertiary/aromatic N) is 1. The summed E-state index contributed by atoms with van der Waals surface area (Å²) in [4.78, 5) is 3.96. The van der Waals surface area contributed by atoms with Crippen molar-refractivity contribution in [3.63, 3.8) is 0 Å². The van der Waals surface area contributed by atoms with Gasteiger partial charge in [-0.2, -0.15) is 0 Å². The van der Waals surface area contributed by atoms with Crippen LogP contribution in [-0.2, 0) is 9.84 Å². The molecule has 18 heavy (non-hydrogen) atoms. The van der Waals surface area contributed by atoms with Gasteiger partial charge < -0.3 is 5.32 Å². The molecule has 1 aliphatic rings. The zero-order valence-corrected chi connectivity index (χ0v) is 11.5. The molecule has 1 aromatic heterocycles. The van der Waals surface area contributed by atoms with E-state index in [0.29, 0.717) is 0 Å². The van der Waals surface area contributed by atoms with E-state index in [1.165, 1.54) is 38.4 Å². The van der Waals surface area contributed by atoms with Crippen LogP contribution in [0.15, 0.2) is 23.4 Å². The minimum absolute atomic E-state index is 0.130. The van der Waals surface area contributed by atoms with Gasteiger partial charge in [0.05, 0.1) is 11.9 Å². The lowest BCUT2D eigenvalue weighted by Crippen LogP contribution is -2.17. The first-order valence-corrected chi connectivity index (χ1v) is 8.35. The molecule has 4 nitrogen and oxygen atoms in total. The summed E-state index contributed by atoms with van der Waals surface area (Å²) in [7, 11) is -3.19. The van der Waals surface area contributed by atoms with Crippen molar-refractivity contribution in [1.82, 2.24) is 4.98 Å². The summed E-state index contributed by atoms with van der Waals surface area (Å²) in [5, 5.41) is 3.47. The molecule has 1 saturated carbocycles. The van der Waals surface area contributed by atoms with Crippen LogP contribution in [0, 0.1) is 5.92 Å². The minimum atomic E-state index is -3.19. The highest BCUT2D eigenvalue weighted by Crippen LogP contribution is 2.23. The van der Waals surface area contributed by atoms with Gasteiger partial charge in [-0.25, -0.2) is 13.4 Å². The predicted molar refractivity (Wildman–Crippen MR) is 72.4 cm³/mol. The first-order chi connectivity index (χ1) is 8.55. The molecule has 0 unspecified atom stereocenters. The van der Waals surface area contributed by atoms with E-state index in [-0.39, 0.29) is 5.03 Å². The molecule has 0 spiro atoms. The maximum absolute atomic E-state index is 11.3. The van der Waals surface area contributed by atoms with Crippen molar-refractivity contribution in [3.8, 4) is 0 Å². The fraction of sp³-hybridized carbons (Fsp3) is 0.615. The lowest BCUT2D eigenvalue weighted by molar-refractivity contribution is 0.373. The van der Waals surface area contributed by atoms with Crippen LogP contribution >= 0.6 is 0 Å². The molecule has 0 saturated heterocycles. The number of nitrogens with one attached hydrogen (secondary N) is 1. The van der Waals surface area contributed by atoms with Crippen LogP contribution in [0.2, 0.25) is 0 Å². The molecular formula is C13H20N2O2S. The summed E-state index contributed by atoms with van der Waals surface area (Å²) in [5.74, 6) is 0.744. The Morgan fingerprint density at radius 2 is 2.00 bits per heavy atom. The number of sulfone groups is 1. The summed E-state index contributed by atoms with van der Waals surface area (Å²) in [6.45, 7) is 0.958. The molecular weight excluding hydrogens is 248 g/mol. The zero-order valence-electron chi connectivity index (χ0n) is 10.7. The Balaban J connectivity index is 1.90. The fourth-order valence-corrected chi connectivity index (χ4v) is 2.92. The third kappa shape index (κ3) is 3.70. The van der Waals surface area contributed by atoms with Gasteiger partial charge in [-0.05, 0) is 30.9 Å². The van der Waals surface area contributed by atoms with E-state index in [1.54, 1.807) is 18.3 Å². The Hall–Kier alpha value is -1.10. The maximum atomic E-state index is 11.3. The molecule has 1 N–H and O–H groups in total. The van der Waals surface area contributed by atoms with Crippen LogP contribution in [0.25, 0.3) is 0 Å². The third-order valence-electron chi connectivity index (χ3n) is 3.44. The monoisotopic (exact) mass is 268 g/mol. The maximum Gasteiger partial charge on any atom is 0.192 e. The van der Waals surface area contributed by atoms with E-state index >= 15 is 0 Å². The SMILES string of the molecule is CS(=O)(=O)c1ccc(NCC2CCCCC2)cn1. The number of hydrogen-bond donors (Lipinski definition) is 1. The molecule has 1 fully saturated rings. The van der Waals surface area contributed by atoms with Crippen LogP contribution < -0.4 is 5.32 Å². The van der Waals surface area contributed by atoms with E-state index in [1.807, 2.05) is 0 Å². The molecule has 0 bridgehead atoms. The van der Waals surface area contributed by atoms with Crippen molar-refractivity contribution in [2.45, 2.75) is 37.1 Å². The number of pyridine rings is 1. The van der Waals surface area contributed by atoms with Gasteiger partial charge in [-0.15, -0.1) is 0 Å². The van der Waals surface area contributed by atoms with Crippen LogP contribution in [0.4, 0.5) is 5.69 Å². The van der Waals surface area contributed by atoms with Crippen LogP contribution in [0.1, 0.15) is 32.1 Å². The van der Waals surface area contributed by atoms with Gasteiger partial charge in [0.25, 0.3) is 0 Å². The van der Waals surface area contributed by atoms with Crippen LogP contribution in [0.3, 0.4) is 0 Å². The van der Waals surface area contributed by atoms with Crippen LogP contribution in [0.5, 0.6) is 0 Å². The van der Waals surface area contributed by atoms with Gasteiger partial charge in [0.1, 0.15) is 0 Å². The molecule has 5 heteroatoms. The first-order valence-electron chi connectivity index (χ1n) is 6.46. The lowest BCUT2D eigenvalue weighted by Gasteiger charge is -2.22. The topological polar surface area (TPSA) is 59.1 Å². The van der Waals surface area contributed by atoms with Gasteiger partial charge >= 0.3 is 0 Å². The van der Waals surface area contributed by atoms with Gasteiger partial charge in [-0.3, -0.25) is 0 Å². The Morgan fingerprint density at radius 1 is 1.28 bits per heavy atom. The second kappa shape index (κ2) is 5.69. The summed E-state index contributed by atoms with van der Waals surface area (Å²) in [6, 6.07) is 3.34. The zero-order chi connectivity index (χ0) is 13.0. The average molecular weight is 268 g/mol. The van der Waals surface area contributed by atoms with Crippen molar-refractivity contribution in [2.75, 3.05) is 18.1 Å². The van der Waals surface area contributed by atoms with E-state index in [9.17, 15) is 8.42 Å². The third-order valence-corrected chi connectivity index (χ3v) is 4.44. The lowest BCUT2D eigenvalue weighted by atomic mass is 9.89. The smallest absolute Gasteiger partial charge is 0.192 e. The molecule has 0 amide bonds. The van der Waals surface area contributed by atoms with Crippen molar-refractivity contribution in [1.29, 1.82) is 0 Å². The highest BCUT2D eigenvalue weighted by molar-refractivity contribution is 7.90. The van der Waals surface area contributed by atoms with Crippen LogP contribution in [-0.4, -0.2) is 26.2 Å². The van der Waals surface area contributed by atoms with E-state index in [2.05, 4.69) is 10.3 Å². The molecule has 1 aromatic rings. The molecule has 0 aliphatic heterocycles. The Kier molecular flexibility index (Phi) is 4.22. The Bertz CT molecular complexity index is 476. The molecule has 1 aliphatic carbocycles. The fourth-order valence-electron chi connectivity index (χ4n) is 2.36. The van der Waals surface area contributed by atoms with Crippen molar-refractivity contribution in [3.05, 3.63) is 18.3 Å². The molecule has 100 valence electrons. The number of aromatic nitrogens is 1. The highest BCUT2D eigenvalue weighted by Gasteiger charge is 2.13. The van der Waals surface area contributed by atoms with E-state index in [0.717, 1.165) is 18.2 Å². The van der Waals surface area contributed by atoms with Gasteiger partial charge in [0, 0.05) is 12.8 Å². The average Bonchev–Trinajstić information content (AvgIpc) is 2.37. The standard InChI is InChI=1S/C13H20N2O2S/c1-18(16,17)13-8-7-12(10-15-13)14-9-11-5-3-2-4-6-11/h7-8,10-11,14H,2-6,9H2,1H3. The Morgan fingerprint density at radius 3 is 2.56 bits per heavy atom. The number of rotatable bonds is 4. The summed E-state index contributed by atoms with van der Waals surface area (Å²) < 4.78 is 22.5. The molecule has 2 rings (SSSR count). The van der Waals surface area contributed by atoms with Gasteiger partial charge in [0.2, 0.25) is 0 Å². The second-order valence-electron chi connectivity index (χ2n) is 5.04. The molecule has 0 aromatic carbocycles. The molecule has 0 atom stereocenters. The predicted octanol–water partition coefficient (Wildman–Crippen LogP) is 2.48. The highest BCUT2D eigenvalue weighted by atomic mass is 32.2. The quantitative estimate of drug-likeness (QED) is 0.911. The van der Waals surface area contributed by atoms with Gasteiger partial charge in [-0.1, -0.05) is 19.3 Å². The summed E-state index contributed by atoms with van der Waals surface area (Å²) >= 11 is 0. The first kappa shape index (κ1) is 13.3. The van der Waals surface area contributed by atoms with Crippen molar-refractivity contribution < 1.29 is 8.42 Å². The number of anilines is 1. The normalized spacial score (nSPS) is 17.6. The molecule has 1 heterocycles. The van der Waals surface area contributed by atoms with Crippen molar-refractivity contribution >= 4 is 15.5 Å². The van der Waals surface area contributed by atoms with Crippen molar-refractivity contribution in [2.24, 2.45) is 5.92 Å². The van der Waals surface area contributed by atoms with E-state index in [4.69, 9.17) is 0 Å². The molecule has 0 radical (unpaired) electrons. The summed E-state index contributed by atoms with van der Waals surface area (Å²) in [6.07, 6.45) is 9.38. The van der Waals surface area contributed by atoms with E-state index < -0.39 is 9.84 Å². The summed E-state index contributed by atoms with van der Waals surface area (Å²) in [5.41, 5.74) is 0.896. The largest absolute Gasteiger partial charge is 0.384 e. The second-order valence-corrected chi connectivity index (χ2v) is 7.00. The minimum Gasteiger partial charge on any atom is -0.384 e. The number of hydrogen-bond acceptors (Lipinski definition) is 4.